The molecule has 4 heteroatoms. The maximum absolute atomic E-state index is 11.1. The summed E-state index contributed by atoms with van der Waals surface area (Å²) < 4.78 is 0. The van der Waals surface area contributed by atoms with E-state index < -0.39 is 4.92 Å². The maximum atomic E-state index is 11.1. The van der Waals surface area contributed by atoms with Crippen LogP contribution in [0.1, 0.15) is 22.8 Å². The number of hydrogen-bond acceptors (Lipinski definition) is 3. The lowest BCUT2D eigenvalue weighted by atomic mass is 10.1. The topological polar surface area (TPSA) is 60.2 Å². The second-order valence-electron chi connectivity index (χ2n) is 3.13. The van der Waals surface area contributed by atoms with E-state index in [1.807, 2.05) is 6.07 Å². The lowest BCUT2D eigenvalue weighted by Gasteiger charge is -1.98. The fraction of sp³-hybridized carbons (Fsp3) is 0.182. The zero-order valence-corrected chi connectivity index (χ0v) is 8.34. The van der Waals surface area contributed by atoms with Gasteiger partial charge in [-0.1, -0.05) is 18.2 Å². The van der Waals surface area contributed by atoms with Crippen molar-refractivity contribution in [3.63, 3.8) is 0 Å². The molecule has 4 nitrogen and oxygen atoms in total. The summed E-state index contributed by atoms with van der Waals surface area (Å²) in [6, 6.07) is 7.07. The van der Waals surface area contributed by atoms with E-state index in [9.17, 15) is 14.9 Å². The number of Topliss-reactive ketones (excluding diaryl/α,β-unsaturated/α-hetero) is 1. The van der Waals surface area contributed by atoms with Gasteiger partial charge in [0, 0.05) is 5.56 Å². The first-order chi connectivity index (χ1) is 7.09. The van der Waals surface area contributed by atoms with Crippen LogP contribution in [0.15, 0.2) is 36.5 Å². The van der Waals surface area contributed by atoms with Crippen molar-refractivity contribution in [2.24, 2.45) is 0 Å². The molecular formula is C11H11NO3. The molecule has 0 aliphatic rings. The molecule has 1 aromatic carbocycles. The molecule has 0 N–H and O–H groups in total. The van der Waals surface area contributed by atoms with Gasteiger partial charge in [0.2, 0.25) is 6.20 Å². The minimum absolute atomic E-state index is 0.00453. The molecule has 15 heavy (non-hydrogen) atoms. The van der Waals surface area contributed by atoms with Crippen molar-refractivity contribution in [2.75, 3.05) is 0 Å². The molecule has 0 unspecified atom stereocenters. The zero-order chi connectivity index (χ0) is 11.3. The van der Waals surface area contributed by atoms with Crippen molar-refractivity contribution in [3.8, 4) is 0 Å². The maximum Gasteiger partial charge on any atom is 0.230 e. The molecule has 0 aliphatic heterocycles. The van der Waals surface area contributed by atoms with E-state index >= 15 is 0 Å². The second kappa shape index (κ2) is 5.05. The smallest absolute Gasteiger partial charge is 0.230 e. The van der Waals surface area contributed by atoms with Crippen molar-refractivity contribution in [2.45, 2.75) is 13.3 Å². The fourth-order valence-electron chi connectivity index (χ4n) is 1.19. The lowest BCUT2D eigenvalue weighted by molar-refractivity contribution is -0.402. The molecule has 1 aromatic rings. The summed E-state index contributed by atoms with van der Waals surface area (Å²) in [7, 11) is 0. The third-order valence-corrected chi connectivity index (χ3v) is 1.91. The van der Waals surface area contributed by atoms with E-state index in [0.29, 0.717) is 12.0 Å². The lowest BCUT2D eigenvalue weighted by Crippen LogP contribution is -1.93. The van der Waals surface area contributed by atoms with Crippen LogP contribution in [-0.2, 0) is 6.42 Å². The summed E-state index contributed by atoms with van der Waals surface area (Å²) in [6.45, 7) is 1.49. The van der Waals surface area contributed by atoms with E-state index in [2.05, 4.69) is 0 Å². The van der Waals surface area contributed by atoms with Gasteiger partial charge in [0.05, 0.1) is 4.92 Å². The molecule has 0 saturated heterocycles. The third-order valence-electron chi connectivity index (χ3n) is 1.91. The average molecular weight is 205 g/mol. The first kappa shape index (κ1) is 11.1. The van der Waals surface area contributed by atoms with Crippen molar-refractivity contribution < 1.29 is 9.72 Å². The predicted molar refractivity (Wildman–Crippen MR) is 56.3 cm³/mol. The summed E-state index contributed by atoms with van der Waals surface area (Å²) >= 11 is 0. The Morgan fingerprint density at radius 2 is 2.27 bits per heavy atom. The van der Waals surface area contributed by atoms with Gasteiger partial charge in [-0.25, -0.2) is 0 Å². The Kier molecular flexibility index (Phi) is 3.74. The Morgan fingerprint density at radius 3 is 2.87 bits per heavy atom. The molecule has 0 radical (unpaired) electrons. The molecule has 78 valence electrons. The molecule has 0 aliphatic carbocycles. The first-order valence-corrected chi connectivity index (χ1v) is 4.49. The molecule has 0 spiro atoms. The standard InChI is InChI=1S/C11H11NO3/c1-9(13)11-6-2-4-10(8-11)5-3-7-12(14)15/h2-4,6-8H,5H2,1H3. The number of hydrogen-bond donors (Lipinski definition) is 0. The highest BCUT2D eigenvalue weighted by molar-refractivity contribution is 5.94. The molecule has 0 atom stereocenters. The summed E-state index contributed by atoms with van der Waals surface area (Å²) in [6.07, 6.45) is 2.82. The molecule has 0 bridgehead atoms. The van der Waals surface area contributed by atoms with Gasteiger partial charge in [-0.05, 0) is 31.1 Å². The second-order valence-corrected chi connectivity index (χ2v) is 3.13. The van der Waals surface area contributed by atoms with Crippen LogP contribution in [0.2, 0.25) is 0 Å². The van der Waals surface area contributed by atoms with Gasteiger partial charge in [-0.15, -0.1) is 0 Å². The summed E-state index contributed by atoms with van der Waals surface area (Å²) in [5.41, 5.74) is 1.52. The summed E-state index contributed by atoms with van der Waals surface area (Å²) in [4.78, 5) is 20.6. The van der Waals surface area contributed by atoms with Crippen LogP contribution in [0.4, 0.5) is 0 Å². The van der Waals surface area contributed by atoms with Crippen LogP contribution < -0.4 is 0 Å². The Morgan fingerprint density at radius 1 is 1.53 bits per heavy atom. The van der Waals surface area contributed by atoms with Gasteiger partial charge < -0.3 is 0 Å². The number of carbonyl (C=O) groups is 1. The summed E-state index contributed by atoms with van der Waals surface area (Å²) in [5, 5.41) is 10.0. The highest BCUT2D eigenvalue weighted by Crippen LogP contribution is 2.07. The largest absolute Gasteiger partial charge is 0.295 e. The van der Waals surface area contributed by atoms with Crippen molar-refractivity contribution in [1.82, 2.24) is 0 Å². The quantitative estimate of drug-likeness (QED) is 0.430. The van der Waals surface area contributed by atoms with E-state index in [-0.39, 0.29) is 5.78 Å². The molecule has 0 heterocycles. The van der Waals surface area contributed by atoms with Crippen LogP contribution in [0.5, 0.6) is 0 Å². The van der Waals surface area contributed by atoms with Gasteiger partial charge in [0.1, 0.15) is 0 Å². The van der Waals surface area contributed by atoms with E-state index in [4.69, 9.17) is 0 Å². The van der Waals surface area contributed by atoms with E-state index in [1.165, 1.54) is 13.0 Å². The van der Waals surface area contributed by atoms with Crippen LogP contribution in [0.25, 0.3) is 0 Å². The fourth-order valence-corrected chi connectivity index (χ4v) is 1.19. The zero-order valence-electron chi connectivity index (χ0n) is 8.34. The van der Waals surface area contributed by atoms with Crippen LogP contribution in [-0.4, -0.2) is 10.7 Å². The Labute approximate surface area is 87.4 Å². The first-order valence-electron chi connectivity index (χ1n) is 4.49. The Balaban J connectivity index is 2.74. The van der Waals surface area contributed by atoms with Crippen molar-refractivity contribution in [3.05, 3.63) is 57.8 Å². The van der Waals surface area contributed by atoms with E-state index in [0.717, 1.165) is 11.8 Å². The van der Waals surface area contributed by atoms with Crippen LogP contribution in [0, 0.1) is 10.1 Å². The average Bonchev–Trinajstić information content (AvgIpc) is 2.17. The minimum atomic E-state index is -0.505. The highest BCUT2D eigenvalue weighted by atomic mass is 16.6. The van der Waals surface area contributed by atoms with Crippen molar-refractivity contribution >= 4 is 5.78 Å². The molecule has 0 saturated carbocycles. The Hall–Kier alpha value is -1.97. The molecular weight excluding hydrogens is 194 g/mol. The monoisotopic (exact) mass is 205 g/mol. The molecule has 0 amide bonds. The number of ketones is 1. The number of allylic oxidation sites excluding steroid dienone is 1. The number of carbonyl (C=O) groups excluding carboxylic acids is 1. The van der Waals surface area contributed by atoms with Crippen molar-refractivity contribution in [1.29, 1.82) is 0 Å². The van der Waals surface area contributed by atoms with E-state index in [1.54, 1.807) is 18.2 Å². The van der Waals surface area contributed by atoms with Gasteiger partial charge in [-0.2, -0.15) is 0 Å². The number of rotatable bonds is 4. The molecule has 0 fully saturated rings. The Bertz CT molecular complexity index is 410. The third kappa shape index (κ3) is 3.72. The van der Waals surface area contributed by atoms with Gasteiger partial charge in [-0.3, -0.25) is 14.9 Å². The van der Waals surface area contributed by atoms with Gasteiger partial charge in [0.25, 0.3) is 0 Å². The van der Waals surface area contributed by atoms with Crippen LogP contribution >= 0.6 is 0 Å². The predicted octanol–water partition coefficient (Wildman–Crippen LogP) is 2.22. The van der Waals surface area contributed by atoms with Crippen LogP contribution in [0.3, 0.4) is 0 Å². The normalized spacial score (nSPS) is 10.5. The van der Waals surface area contributed by atoms with Gasteiger partial charge in [0.15, 0.2) is 5.78 Å². The SMILES string of the molecule is CC(=O)c1cccc(CC=C[N+](=O)[O-])c1. The number of nitro groups is 1. The molecule has 0 aromatic heterocycles. The molecule has 1 rings (SSSR count). The summed E-state index contributed by atoms with van der Waals surface area (Å²) in [5.74, 6) is -0.00453. The van der Waals surface area contributed by atoms with Gasteiger partial charge >= 0.3 is 0 Å². The number of benzene rings is 1. The number of nitrogens with zero attached hydrogens (tertiary/aromatic N) is 1. The highest BCUT2D eigenvalue weighted by Gasteiger charge is 1.99. The minimum Gasteiger partial charge on any atom is -0.295 e.